The summed E-state index contributed by atoms with van der Waals surface area (Å²) in [4.78, 5) is 0. The van der Waals surface area contributed by atoms with Crippen molar-refractivity contribution >= 4 is 75.8 Å². The zero-order chi connectivity index (χ0) is 40.4. The predicted molar refractivity (Wildman–Crippen MR) is 231 cm³/mol. The molecular weight excluding hydrogens is 745 g/mol. The van der Waals surface area contributed by atoms with Crippen LogP contribution in [-0.2, 0) is 0 Å². The molecule has 8 N–H and O–H groups in total. The van der Waals surface area contributed by atoms with Crippen molar-refractivity contribution in [3.8, 4) is 79.4 Å². The summed E-state index contributed by atoms with van der Waals surface area (Å²) in [6.45, 7) is 0. The fourth-order valence-electron chi connectivity index (χ4n) is 9.07. The van der Waals surface area contributed by atoms with Gasteiger partial charge in [-0.05, 0) is 73.5 Å². The quantitative estimate of drug-likeness (QED) is 0.0376. The largest absolute Gasteiger partial charge is 0.504 e. The summed E-state index contributed by atoms with van der Waals surface area (Å²) in [5, 5.41) is 98.5. The maximum Gasteiger partial charge on any atom is 0.204 e. The Balaban J connectivity index is 1.33. The predicted octanol–water partition coefficient (Wildman–Crippen LogP) is 12.0. The lowest BCUT2D eigenvalue weighted by Gasteiger charge is -2.23. The lowest BCUT2D eigenvalue weighted by molar-refractivity contribution is 0.350. The summed E-state index contributed by atoms with van der Waals surface area (Å²) in [6, 6.07) is 41.8. The second-order valence-electron chi connectivity index (χ2n) is 14.8. The van der Waals surface area contributed by atoms with E-state index in [1.54, 1.807) is 36.4 Å². The smallest absolute Gasteiger partial charge is 0.204 e. The molecule has 10 aromatic carbocycles. The van der Waals surface area contributed by atoms with Gasteiger partial charge >= 0.3 is 0 Å². The minimum absolute atomic E-state index is 0.0351. The van der Waals surface area contributed by atoms with E-state index < -0.39 is 46.0 Å². The highest BCUT2D eigenvalue weighted by Crippen LogP contribution is 2.62. The van der Waals surface area contributed by atoms with E-state index in [1.165, 1.54) is 0 Å². The van der Waals surface area contributed by atoms with E-state index in [0.717, 1.165) is 43.4 Å². The average Bonchev–Trinajstić information content (AvgIpc) is 3.67. The van der Waals surface area contributed by atoms with E-state index in [0.29, 0.717) is 33.1 Å². The zero-order valence-corrected chi connectivity index (χ0v) is 30.7. The van der Waals surface area contributed by atoms with Gasteiger partial charge in [0.2, 0.25) is 23.0 Å². The summed E-state index contributed by atoms with van der Waals surface area (Å²) in [5.41, 5.74) is 3.07. The van der Waals surface area contributed by atoms with Gasteiger partial charge in [0.15, 0.2) is 23.0 Å². The molecule has 1 heterocycles. The molecule has 0 unspecified atom stereocenters. The summed E-state index contributed by atoms with van der Waals surface area (Å²) < 4.78 is 6.45. The molecule has 9 nitrogen and oxygen atoms in total. The summed E-state index contributed by atoms with van der Waals surface area (Å²) in [7, 11) is 0. The number of hydrogen-bond donors (Lipinski definition) is 8. The second kappa shape index (κ2) is 12.1. The highest BCUT2D eigenvalue weighted by atomic mass is 16.4. The summed E-state index contributed by atoms with van der Waals surface area (Å²) >= 11 is 0. The van der Waals surface area contributed by atoms with Crippen LogP contribution in [-0.4, -0.2) is 40.9 Å². The van der Waals surface area contributed by atoms with Crippen LogP contribution in [0.25, 0.3) is 109 Å². The molecule has 59 heavy (non-hydrogen) atoms. The number of aromatic hydroxyl groups is 8. The first kappa shape index (κ1) is 34.0. The fourth-order valence-corrected chi connectivity index (χ4v) is 9.07. The van der Waals surface area contributed by atoms with Gasteiger partial charge in [-0.1, -0.05) is 109 Å². The number of fused-ring (bicyclic) bond motifs is 10. The average molecular weight is 775 g/mol. The van der Waals surface area contributed by atoms with Gasteiger partial charge in [-0.3, -0.25) is 0 Å². The standard InChI is InChI=1S/C50H30O9/c51-42-38-35(26-12-7-11-24(21-26)33-22-25-10-2-3-13-27(25)29-15-5-6-16-30(29)33)39-41(45(54)49(58)47(56)43(39)52)37(40(38)44(53)48(57)46(42)55)31-17-8-18-34-36(31)32-20-19-23-9-1-4-14-28(23)50(32)59-34/h1-22,51-58H. The summed E-state index contributed by atoms with van der Waals surface area (Å²) in [5.74, 6) is -7.57. The van der Waals surface area contributed by atoms with Gasteiger partial charge in [0, 0.05) is 48.8 Å². The third-order valence-electron chi connectivity index (χ3n) is 11.7. The Hall–Kier alpha value is -8.30. The molecule has 0 aliphatic carbocycles. The lowest BCUT2D eigenvalue weighted by atomic mass is 9.82. The highest BCUT2D eigenvalue weighted by molar-refractivity contribution is 6.32. The normalized spacial score (nSPS) is 11.9. The highest BCUT2D eigenvalue weighted by Gasteiger charge is 2.33. The topological polar surface area (TPSA) is 175 Å². The molecule has 11 rings (SSSR count). The van der Waals surface area contributed by atoms with Crippen LogP contribution in [0.1, 0.15) is 0 Å². The van der Waals surface area contributed by atoms with Crippen molar-refractivity contribution < 1.29 is 45.3 Å². The molecule has 0 spiro atoms. The van der Waals surface area contributed by atoms with Crippen LogP contribution in [0, 0.1) is 0 Å². The Morgan fingerprint density at radius 2 is 0.831 bits per heavy atom. The van der Waals surface area contributed by atoms with Crippen LogP contribution in [0.4, 0.5) is 0 Å². The van der Waals surface area contributed by atoms with Crippen LogP contribution >= 0.6 is 0 Å². The number of rotatable bonds is 3. The molecule has 0 radical (unpaired) electrons. The van der Waals surface area contributed by atoms with Gasteiger partial charge in [0.05, 0.1) is 0 Å². The van der Waals surface area contributed by atoms with Gasteiger partial charge in [0.25, 0.3) is 0 Å². The van der Waals surface area contributed by atoms with Gasteiger partial charge in [-0.25, -0.2) is 0 Å². The maximum absolute atomic E-state index is 11.9. The molecule has 284 valence electrons. The second-order valence-corrected chi connectivity index (χ2v) is 14.8. The van der Waals surface area contributed by atoms with Gasteiger partial charge in [-0.15, -0.1) is 0 Å². The van der Waals surface area contributed by atoms with E-state index in [1.807, 2.05) is 84.9 Å². The molecule has 0 aliphatic heterocycles. The van der Waals surface area contributed by atoms with E-state index in [2.05, 4.69) is 12.1 Å². The van der Waals surface area contributed by atoms with E-state index in [-0.39, 0.29) is 32.7 Å². The third-order valence-corrected chi connectivity index (χ3v) is 11.7. The van der Waals surface area contributed by atoms with Crippen LogP contribution < -0.4 is 0 Å². The van der Waals surface area contributed by atoms with E-state index >= 15 is 0 Å². The molecule has 0 amide bonds. The third kappa shape index (κ3) is 4.55. The Kier molecular flexibility index (Phi) is 6.97. The number of phenolic OH excluding ortho intramolecular Hbond substituents is 8. The Morgan fingerprint density at radius 1 is 0.305 bits per heavy atom. The number of hydrogen-bond acceptors (Lipinski definition) is 9. The van der Waals surface area contributed by atoms with Crippen LogP contribution in [0.2, 0.25) is 0 Å². The van der Waals surface area contributed by atoms with Crippen LogP contribution in [0.3, 0.4) is 0 Å². The minimum atomic E-state index is -1.04. The van der Waals surface area contributed by atoms with Crippen molar-refractivity contribution in [3.05, 3.63) is 133 Å². The molecule has 0 bridgehead atoms. The number of furan rings is 1. The van der Waals surface area contributed by atoms with Crippen molar-refractivity contribution in [2.24, 2.45) is 0 Å². The zero-order valence-electron chi connectivity index (χ0n) is 30.7. The Bertz CT molecular complexity index is 3580. The van der Waals surface area contributed by atoms with Gasteiger partial charge < -0.3 is 45.3 Å². The molecule has 0 fully saturated rings. The van der Waals surface area contributed by atoms with Crippen molar-refractivity contribution in [1.82, 2.24) is 0 Å². The number of phenols is 8. The first-order chi connectivity index (χ1) is 28.6. The first-order valence-electron chi connectivity index (χ1n) is 18.7. The molecule has 1 aromatic heterocycles. The molecule has 11 aromatic rings. The van der Waals surface area contributed by atoms with Crippen molar-refractivity contribution in [2.45, 2.75) is 0 Å². The SMILES string of the molecule is Oc1c(O)c(O)c2c(-c3cccc4oc5c6ccccc6ccc5c34)c3c(O)c(O)c(O)c(O)c3c(-c3cccc(-c4cc5ccccc5c5ccccc45)c3)c2c1O. The van der Waals surface area contributed by atoms with Crippen LogP contribution in [0.15, 0.2) is 138 Å². The Morgan fingerprint density at radius 3 is 1.49 bits per heavy atom. The lowest BCUT2D eigenvalue weighted by Crippen LogP contribution is -1.95. The van der Waals surface area contributed by atoms with E-state index in [9.17, 15) is 40.9 Å². The van der Waals surface area contributed by atoms with Gasteiger partial charge in [-0.2, -0.15) is 0 Å². The van der Waals surface area contributed by atoms with Crippen LogP contribution in [0.5, 0.6) is 46.0 Å². The van der Waals surface area contributed by atoms with Crippen molar-refractivity contribution in [2.75, 3.05) is 0 Å². The maximum atomic E-state index is 11.9. The first-order valence-corrected chi connectivity index (χ1v) is 18.7. The molecule has 0 saturated heterocycles. The van der Waals surface area contributed by atoms with E-state index in [4.69, 9.17) is 4.42 Å². The van der Waals surface area contributed by atoms with Gasteiger partial charge in [0.1, 0.15) is 11.2 Å². The summed E-state index contributed by atoms with van der Waals surface area (Å²) in [6.07, 6.45) is 0. The minimum Gasteiger partial charge on any atom is -0.504 e. The molecule has 0 aliphatic rings. The Labute approximate surface area is 333 Å². The molecule has 0 saturated carbocycles. The number of benzene rings is 10. The monoisotopic (exact) mass is 774 g/mol. The fraction of sp³-hybridized carbons (Fsp3) is 0. The van der Waals surface area contributed by atoms with Crippen molar-refractivity contribution in [3.63, 3.8) is 0 Å². The molecular formula is C50H30O9. The molecule has 0 atom stereocenters. The molecule has 9 heteroatoms. The van der Waals surface area contributed by atoms with Crippen molar-refractivity contribution in [1.29, 1.82) is 0 Å².